The van der Waals surface area contributed by atoms with Crippen LogP contribution in [-0.4, -0.2) is 59.5 Å². The number of morpholine rings is 1. The molecular weight excluding hydrogens is 186 g/mol. The van der Waals surface area contributed by atoms with Gasteiger partial charge in [0.1, 0.15) is 0 Å². The molecule has 0 bridgehead atoms. The van der Waals surface area contributed by atoms with Crippen molar-refractivity contribution in [3.05, 3.63) is 0 Å². The van der Waals surface area contributed by atoms with Crippen LogP contribution in [0.1, 0.15) is 13.3 Å². The van der Waals surface area contributed by atoms with Crippen LogP contribution in [-0.2, 0) is 9.53 Å². The Bertz CT molecular complexity index is 197. The molecule has 1 rings (SSSR count). The van der Waals surface area contributed by atoms with Crippen molar-refractivity contribution in [1.82, 2.24) is 4.90 Å². The predicted octanol–water partition coefficient (Wildman–Crippen LogP) is -0.457. The lowest BCUT2D eigenvalue weighted by Crippen LogP contribution is -2.48. The molecule has 1 fully saturated rings. The van der Waals surface area contributed by atoms with Crippen LogP contribution < -0.4 is 0 Å². The van der Waals surface area contributed by atoms with E-state index in [0.29, 0.717) is 13.1 Å². The molecule has 0 aliphatic carbocycles. The van der Waals surface area contributed by atoms with E-state index >= 15 is 0 Å². The first-order chi connectivity index (χ1) is 6.61. The molecule has 1 saturated heterocycles. The number of aliphatic hydroxyl groups excluding tert-OH is 1. The first kappa shape index (κ1) is 11.4. The Morgan fingerprint density at radius 3 is 2.86 bits per heavy atom. The molecule has 5 heteroatoms. The van der Waals surface area contributed by atoms with Gasteiger partial charge in [-0.15, -0.1) is 0 Å². The van der Waals surface area contributed by atoms with Crippen LogP contribution >= 0.6 is 0 Å². The summed E-state index contributed by atoms with van der Waals surface area (Å²) in [6.07, 6.45) is 0.0347. The quantitative estimate of drug-likeness (QED) is 0.647. The molecule has 1 heterocycles. The summed E-state index contributed by atoms with van der Waals surface area (Å²) in [7, 11) is 0. The molecule has 14 heavy (non-hydrogen) atoms. The number of carbonyl (C=O) groups is 1. The molecule has 0 radical (unpaired) electrons. The minimum atomic E-state index is -0.787. The third-order valence-corrected chi connectivity index (χ3v) is 2.25. The minimum absolute atomic E-state index is 0.00604. The van der Waals surface area contributed by atoms with Crippen molar-refractivity contribution < 1.29 is 19.7 Å². The maximum Gasteiger partial charge on any atom is 0.304 e. The van der Waals surface area contributed by atoms with E-state index in [9.17, 15) is 4.79 Å². The summed E-state index contributed by atoms with van der Waals surface area (Å²) in [5, 5.41) is 17.5. The second kappa shape index (κ2) is 5.29. The van der Waals surface area contributed by atoms with Crippen molar-refractivity contribution in [3.8, 4) is 0 Å². The molecular formula is C9H17NO4. The first-order valence-corrected chi connectivity index (χ1v) is 4.82. The highest BCUT2D eigenvalue weighted by atomic mass is 16.5. The van der Waals surface area contributed by atoms with Gasteiger partial charge in [-0.05, 0) is 6.92 Å². The Morgan fingerprint density at radius 2 is 2.29 bits per heavy atom. The monoisotopic (exact) mass is 203 g/mol. The molecule has 0 aromatic rings. The van der Waals surface area contributed by atoms with Gasteiger partial charge in [0.05, 0.1) is 25.2 Å². The smallest absolute Gasteiger partial charge is 0.304 e. The molecule has 2 unspecified atom stereocenters. The summed E-state index contributed by atoms with van der Waals surface area (Å²) in [6, 6.07) is 0. The number of aliphatic carboxylic acids is 1. The number of hydrogen-bond donors (Lipinski definition) is 2. The van der Waals surface area contributed by atoms with Gasteiger partial charge in [-0.3, -0.25) is 9.69 Å². The zero-order valence-corrected chi connectivity index (χ0v) is 8.35. The second-order valence-corrected chi connectivity index (χ2v) is 3.65. The van der Waals surface area contributed by atoms with Crippen molar-refractivity contribution in [2.75, 3.05) is 26.2 Å². The average Bonchev–Trinajstić information content (AvgIpc) is 2.14. The van der Waals surface area contributed by atoms with Gasteiger partial charge in [0.2, 0.25) is 0 Å². The van der Waals surface area contributed by atoms with Crippen molar-refractivity contribution >= 4 is 5.97 Å². The Morgan fingerprint density at radius 1 is 1.57 bits per heavy atom. The van der Waals surface area contributed by atoms with Crippen LogP contribution in [0.4, 0.5) is 0 Å². The van der Waals surface area contributed by atoms with Crippen LogP contribution in [0.2, 0.25) is 0 Å². The van der Waals surface area contributed by atoms with Gasteiger partial charge in [0, 0.05) is 19.6 Å². The van der Waals surface area contributed by atoms with Crippen LogP contribution in [0, 0.1) is 0 Å². The predicted molar refractivity (Wildman–Crippen MR) is 50.1 cm³/mol. The van der Waals surface area contributed by atoms with Gasteiger partial charge in [-0.2, -0.15) is 0 Å². The Balaban J connectivity index is 2.33. The van der Waals surface area contributed by atoms with Crippen LogP contribution in [0.5, 0.6) is 0 Å². The highest BCUT2D eigenvalue weighted by molar-refractivity contribution is 5.66. The molecule has 1 aliphatic rings. The highest BCUT2D eigenvalue weighted by Crippen LogP contribution is 2.10. The lowest BCUT2D eigenvalue weighted by molar-refractivity contribution is -0.138. The summed E-state index contributed by atoms with van der Waals surface area (Å²) in [5.41, 5.74) is 0. The molecule has 0 aromatic carbocycles. The maximum atomic E-state index is 10.4. The zero-order valence-electron chi connectivity index (χ0n) is 8.35. The Hall–Kier alpha value is -0.650. The number of carboxylic acids is 1. The number of carboxylic acid groups (broad SMARTS) is 1. The Kier molecular flexibility index (Phi) is 4.31. The van der Waals surface area contributed by atoms with Gasteiger partial charge in [-0.25, -0.2) is 0 Å². The molecule has 5 nitrogen and oxygen atoms in total. The maximum absolute atomic E-state index is 10.4. The van der Waals surface area contributed by atoms with Crippen molar-refractivity contribution in [2.24, 2.45) is 0 Å². The van der Waals surface area contributed by atoms with E-state index < -0.39 is 5.97 Å². The molecule has 0 aromatic heterocycles. The van der Waals surface area contributed by atoms with Crippen molar-refractivity contribution in [3.63, 3.8) is 0 Å². The van der Waals surface area contributed by atoms with Crippen LogP contribution in [0.25, 0.3) is 0 Å². The standard InChI is InChI=1S/C9H17NO4/c1-7-4-10(3-2-9(12)13)5-8(6-11)14-7/h7-8,11H,2-6H2,1H3,(H,12,13). The van der Waals surface area contributed by atoms with E-state index in [1.165, 1.54) is 0 Å². The van der Waals surface area contributed by atoms with Gasteiger partial charge < -0.3 is 14.9 Å². The van der Waals surface area contributed by atoms with E-state index in [2.05, 4.69) is 0 Å². The van der Waals surface area contributed by atoms with Gasteiger partial charge in [0.15, 0.2) is 0 Å². The average molecular weight is 203 g/mol. The fourth-order valence-corrected chi connectivity index (χ4v) is 1.68. The second-order valence-electron chi connectivity index (χ2n) is 3.65. The topological polar surface area (TPSA) is 70.0 Å². The van der Waals surface area contributed by atoms with E-state index in [0.717, 1.165) is 6.54 Å². The van der Waals surface area contributed by atoms with Crippen LogP contribution in [0.15, 0.2) is 0 Å². The number of rotatable bonds is 4. The minimum Gasteiger partial charge on any atom is -0.481 e. The van der Waals surface area contributed by atoms with Gasteiger partial charge in [-0.1, -0.05) is 0 Å². The first-order valence-electron chi connectivity index (χ1n) is 4.82. The Labute approximate surface area is 83.3 Å². The molecule has 0 spiro atoms. The molecule has 1 aliphatic heterocycles. The number of hydrogen-bond acceptors (Lipinski definition) is 4. The molecule has 0 saturated carbocycles. The summed E-state index contributed by atoms with van der Waals surface area (Å²) in [6.45, 7) is 3.81. The van der Waals surface area contributed by atoms with Crippen molar-refractivity contribution in [1.29, 1.82) is 0 Å². The van der Waals surface area contributed by atoms with Crippen LogP contribution in [0.3, 0.4) is 0 Å². The fourth-order valence-electron chi connectivity index (χ4n) is 1.68. The summed E-state index contributed by atoms with van der Waals surface area (Å²) in [5.74, 6) is -0.787. The summed E-state index contributed by atoms with van der Waals surface area (Å²) in [4.78, 5) is 12.4. The van der Waals surface area contributed by atoms with Gasteiger partial charge >= 0.3 is 5.97 Å². The highest BCUT2D eigenvalue weighted by Gasteiger charge is 2.24. The van der Waals surface area contributed by atoms with Gasteiger partial charge in [0.25, 0.3) is 0 Å². The van der Waals surface area contributed by atoms with E-state index in [4.69, 9.17) is 14.9 Å². The fraction of sp³-hybridized carbons (Fsp3) is 0.889. The SMILES string of the molecule is CC1CN(CCC(=O)O)CC(CO)O1. The van der Waals surface area contributed by atoms with E-state index in [1.54, 1.807) is 0 Å². The van der Waals surface area contributed by atoms with E-state index in [-0.39, 0.29) is 25.2 Å². The molecule has 2 N–H and O–H groups in total. The molecule has 2 atom stereocenters. The summed E-state index contributed by atoms with van der Waals surface area (Å²) >= 11 is 0. The lowest BCUT2D eigenvalue weighted by atomic mass is 10.2. The molecule has 82 valence electrons. The summed E-state index contributed by atoms with van der Waals surface area (Å²) < 4.78 is 5.43. The number of ether oxygens (including phenoxy) is 1. The third kappa shape index (κ3) is 3.61. The number of nitrogens with zero attached hydrogens (tertiary/aromatic N) is 1. The lowest BCUT2D eigenvalue weighted by Gasteiger charge is -2.35. The van der Waals surface area contributed by atoms with E-state index in [1.807, 2.05) is 11.8 Å². The normalized spacial score (nSPS) is 29.0. The number of aliphatic hydroxyl groups is 1. The largest absolute Gasteiger partial charge is 0.481 e. The molecule has 0 amide bonds. The zero-order chi connectivity index (χ0) is 10.6. The van der Waals surface area contributed by atoms with Crippen molar-refractivity contribution in [2.45, 2.75) is 25.6 Å². The third-order valence-electron chi connectivity index (χ3n) is 2.25.